The van der Waals surface area contributed by atoms with Gasteiger partial charge in [-0.1, -0.05) is 12.1 Å². The Bertz CT molecular complexity index is 963. The normalized spacial score (nSPS) is 14.1. The molecule has 142 valence electrons. The van der Waals surface area contributed by atoms with Crippen LogP contribution in [0, 0.1) is 29.6 Å². The topological polar surface area (TPSA) is 89.2 Å². The van der Waals surface area contributed by atoms with Crippen molar-refractivity contribution in [3.8, 4) is 12.1 Å². The molecular weight excluding hydrogens is 352 g/mol. The highest BCUT2D eigenvalue weighted by Gasteiger charge is 2.22. The maximum atomic E-state index is 12.0. The van der Waals surface area contributed by atoms with Crippen LogP contribution in [0.4, 0.5) is 11.4 Å². The van der Waals surface area contributed by atoms with Gasteiger partial charge >= 0.3 is 5.97 Å². The summed E-state index contributed by atoms with van der Waals surface area (Å²) in [4.78, 5) is 14.2. The summed E-state index contributed by atoms with van der Waals surface area (Å²) in [6.45, 7) is 3.42. The summed E-state index contributed by atoms with van der Waals surface area (Å²) >= 11 is 0. The van der Waals surface area contributed by atoms with Crippen molar-refractivity contribution in [1.82, 2.24) is 0 Å². The molecule has 2 aromatic carbocycles. The monoisotopic (exact) mass is 374 g/mol. The van der Waals surface area contributed by atoms with Gasteiger partial charge in [0.1, 0.15) is 12.1 Å². The van der Waals surface area contributed by atoms with Crippen LogP contribution in [0.25, 0.3) is 0 Å². The summed E-state index contributed by atoms with van der Waals surface area (Å²) in [7, 11) is 1.35. The standard InChI is InChI=1S/C22H22N4O2/c1-15-11-17(14-24)20(12-19(15)22(27)28-2)25-18-7-9-26(10-8-18)21-6-4-3-5-16(21)13-23/h3-6,11-12,18,25H,7-10H2,1-2H3. The van der Waals surface area contributed by atoms with Crippen molar-refractivity contribution < 1.29 is 9.53 Å². The third-order valence-corrected chi connectivity index (χ3v) is 5.11. The second-order valence-corrected chi connectivity index (χ2v) is 6.85. The van der Waals surface area contributed by atoms with E-state index in [1.54, 1.807) is 19.1 Å². The lowest BCUT2D eigenvalue weighted by molar-refractivity contribution is 0.0600. The van der Waals surface area contributed by atoms with Crippen molar-refractivity contribution in [3.63, 3.8) is 0 Å². The minimum absolute atomic E-state index is 0.186. The fourth-order valence-corrected chi connectivity index (χ4v) is 3.58. The molecule has 0 unspecified atom stereocenters. The zero-order valence-corrected chi connectivity index (χ0v) is 16.0. The van der Waals surface area contributed by atoms with Crippen molar-refractivity contribution in [1.29, 1.82) is 10.5 Å². The lowest BCUT2D eigenvalue weighted by atomic mass is 9.99. The Morgan fingerprint density at radius 2 is 1.82 bits per heavy atom. The Morgan fingerprint density at radius 3 is 2.46 bits per heavy atom. The average molecular weight is 374 g/mol. The predicted molar refractivity (Wildman–Crippen MR) is 107 cm³/mol. The molecule has 6 heteroatoms. The molecule has 1 aliphatic heterocycles. The molecule has 0 radical (unpaired) electrons. The third kappa shape index (κ3) is 3.92. The van der Waals surface area contributed by atoms with E-state index in [2.05, 4.69) is 22.4 Å². The fraction of sp³-hybridized carbons (Fsp3) is 0.318. The molecule has 0 aliphatic carbocycles. The van der Waals surface area contributed by atoms with Crippen LogP contribution in [0.3, 0.4) is 0 Å². The number of benzene rings is 2. The van der Waals surface area contributed by atoms with Crippen molar-refractivity contribution in [2.75, 3.05) is 30.4 Å². The van der Waals surface area contributed by atoms with Gasteiger partial charge in [-0.05, 0) is 49.6 Å². The molecule has 1 N–H and O–H groups in total. The molecule has 0 atom stereocenters. The minimum atomic E-state index is -0.409. The second-order valence-electron chi connectivity index (χ2n) is 6.85. The lowest BCUT2D eigenvalue weighted by Gasteiger charge is -2.35. The van der Waals surface area contributed by atoms with Crippen LogP contribution in [-0.2, 0) is 4.74 Å². The summed E-state index contributed by atoms with van der Waals surface area (Å²) in [6, 6.07) is 15.7. The zero-order chi connectivity index (χ0) is 20.1. The maximum Gasteiger partial charge on any atom is 0.338 e. The second kappa shape index (κ2) is 8.45. The van der Waals surface area contributed by atoms with Gasteiger partial charge in [0, 0.05) is 19.1 Å². The molecule has 2 aromatic rings. The van der Waals surface area contributed by atoms with Gasteiger partial charge in [0.25, 0.3) is 0 Å². The first kappa shape index (κ1) is 19.3. The van der Waals surface area contributed by atoms with Gasteiger partial charge in [0.2, 0.25) is 0 Å². The van der Waals surface area contributed by atoms with E-state index < -0.39 is 5.97 Å². The van der Waals surface area contributed by atoms with E-state index in [1.165, 1.54) is 7.11 Å². The lowest BCUT2D eigenvalue weighted by Crippen LogP contribution is -2.39. The fourth-order valence-electron chi connectivity index (χ4n) is 3.58. The van der Waals surface area contributed by atoms with Crippen LogP contribution in [0.5, 0.6) is 0 Å². The summed E-state index contributed by atoms with van der Waals surface area (Å²) in [6.07, 6.45) is 1.73. The largest absolute Gasteiger partial charge is 0.465 e. The molecule has 1 heterocycles. The zero-order valence-electron chi connectivity index (χ0n) is 16.0. The van der Waals surface area contributed by atoms with E-state index in [4.69, 9.17) is 4.74 Å². The number of piperidine rings is 1. The molecule has 1 saturated heterocycles. The number of nitrogens with zero attached hydrogens (tertiary/aromatic N) is 3. The van der Waals surface area contributed by atoms with Gasteiger partial charge in [-0.15, -0.1) is 0 Å². The van der Waals surface area contributed by atoms with E-state index in [1.807, 2.05) is 24.3 Å². The van der Waals surface area contributed by atoms with Crippen molar-refractivity contribution in [3.05, 3.63) is 58.7 Å². The number of methoxy groups -OCH3 is 1. The highest BCUT2D eigenvalue weighted by atomic mass is 16.5. The van der Waals surface area contributed by atoms with Crippen molar-refractivity contribution in [2.45, 2.75) is 25.8 Å². The number of carbonyl (C=O) groups is 1. The highest BCUT2D eigenvalue weighted by molar-refractivity contribution is 5.92. The predicted octanol–water partition coefficient (Wildman–Crippen LogP) is 3.61. The number of para-hydroxylation sites is 1. The van der Waals surface area contributed by atoms with E-state index in [-0.39, 0.29) is 6.04 Å². The molecular formula is C22H22N4O2. The number of hydrogen-bond acceptors (Lipinski definition) is 6. The number of aryl methyl sites for hydroxylation is 1. The van der Waals surface area contributed by atoms with Crippen LogP contribution in [-0.4, -0.2) is 32.2 Å². The molecule has 0 amide bonds. The van der Waals surface area contributed by atoms with Gasteiger partial charge in [-0.25, -0.2) is 4.79 Å². The Morgan fingerprint density at radius 1 is 1.14 bits per heavy atom. The number of esters is 1. The number of nitriles is 2. The van der Waals surface area contributed by atoms with Crippen molar-refractivity contribution in [2.24, 2.45) is 0 Å². The van der Waals surface area contributed by atoms with Gasteiger partial charge < -0.3 is 15.0 Å². The smallest absolute Gasteiger partial charge is 0.338 e. The van der Waals surface area contributed by atoms with Gasteiger partial charge in [0.05, 0.1) is 35.2 Å². The van der Waals surface area contributed by atoms with E-state index in [9.17, 15) is 15.3 Å². The Balaban J connectivity index is 1.74. The Labute approximate surface area is 165 Å². The number of carbonyl (C=O) groups excluding carboxylic acids is 1. The van der Waals surface area contributed by atoms with Gasteiger partial charge in [-0.3, -0.25) is 0 Å². The van der Waals surface area contributed by atoms with Gasteiger partial charge in [0.15, 0.2) is 0 Å². The molecule has 28 heavy (non-hydrogen) atoms. The first-order valence-corrected chi connectivity index (χ1v) is 9.21. The number of ether oxygens (including phenoxy) is 1. The number of hydrogen-bond donors (Lipinski definition) is 1. The van der Waals surface area contributed by atoms with E-state index >= 15 is 0 Å². The van der Waals surface area contributed by atoms with Crippen LogP contribution < -0.4 is 10.2 Å². The number of rotatable bonds is 4. The number of nitrogens with one attached hydrogen (secondary N) is 1. The van der Waals surface area contributed by atoms with Crippen LogP contribution in [0.15, 0.2) is 36.4 Å². The molecule has 0 spiro atoms. The first-order valence-electron chi connectivity index (χ1n) is 9.21. The molecule has 6 nitrogen and oxygen atoms in total. The van der Waals surface area contributed by atoms with Gasteiger partial charge in [-0.2, -0.15) is 10.5 Å². The Kier molecular flexibility index (Phi) is 5.81. The highest BCUT2D eigenvalue weighted by Crippen LogP contribution is 2.27. The average Bonchev–Trinajstić information content (AvgIpc) is 2.74. The summed E-state index contributed by atoms with van der Waals surface area (Å²) < 4.78 is 4.84. The third-order valence-electron chi connectivity index (χ3n) is 5.11. The van der Waals surface area contributed by atoms with Crippen LogP contribution in [0.1, 0.15) is 39.9 Å². The molecule has 0 bridgehead atoms. The summed E-state index contributed by atoms with van der Waals surface area (Å²) in [5.74, 6) is -0.409. The summed E-state index contributed by atoms with van der Waals surface area (Å²) in [5, 5.41) is 22.2. The molecule has 0 saturated carbocycles. The molecule has 0 aromatic heterocycles. The quantitative estimate of drug-likeness (QED) is 0.823. The molecule has 1 fully saturated rings. The van der Waals surface area contributed by atoms with Crippen LogP contribution in [0.2, 0.25) is 0 Å². The SMILES string of the molecule is COC(=O)c1cc(NC2CCN(c3ccccc3C#N)CC2)c(C#N)cc1C. The Hall–Kier alpha value is -3.51. The summed E-state index contributed by atoms with van der Waals surface area (Å²) in [5.41, 5.74) is 4.00. The minimum Gasteiger partial charge on any atom is -0.465 e. The molecule has 3 rings (SSSR count). The first-order chi connectivity index (χ1) is 13.6. The van der Waals surface area contributed by atoms with E-state index in [0.29, 0.717) is 22.4 Å². The van der Waals surface area contributed by atoms with Crippen molar-refractivity contribution >= 4 is 17.3 Å². The number of anilines is 2. The van der Waals surface area contributed by atoms with E-state index in [0.717, 1.165) is 37.2 Å². The van der Waals surface area contributed by atoms with Crippen LogP contribution >= 0.6 is 0 Å². The molecule has 1 aliphatic rings. The maximum absolute atomic E-state index is 12.0.